The van der Waals surface area contributed by atoms with E-state index >= 15 is 0 Å². The summed E-state index contributed by atoms with van der Waals surface area (Å²) < 4.78 is 1.11. The van der Waals surface area contributed by atoms with E-state index in [9.17, 15) is 14.4 Å². The molecule has 0 aliphatic rings. The van der Waals surface area contributed by atoms with Crippen LogP contribution in [0.1, 0.15) is 6.42 Å². The molecule has 0 radical (unpaired) electrons. The molecule has 8 heteroatoms. The largest absolute Gasteiger partial charge is 0.479 e. The fraction of sp³-hybridized carbons (Fsp3) is 0.400. The van der Waals surface area contributed by atoms with E-state index in [0.29, 0.717) is 0 Å². The first-order valence-corrected chi connectivity index (χ1v) is 5.19. The molecule has 0 aliphatic heterocycles. The molecule has 0 bridgehead atoms. The second-order valence-electron chi connectivity index (χ2n) is 3.52. The minimum atomic E-state index is -1.51. The van der Waals surface area contributed by atoms with Gasteiger partial charge in [0, 0.05) is 25.4 Å². The van der Waals surface area contributed by atoms with Crippen molar-refractivity contribution >= 4 is 11.9 Å². The quantitative estimate of drug-likeness (QED) is 0.551. The number of aromatic nitrogens is 2. The van der Waals surface area contributed by atoms with Gasteiger partial charge in [0.2, 0.25) is 5.91 Å². The number of hydrogen-bond acceptors (Lipinski definition) is 5. The summed E-state index contributed by atoms with van der Waals surface area (Å²) in [4.78, 5) is 36.3. The molecule has 98 valence electrons. The highest BCUT2D eigenvalue weighted by Crippen LogP contribution is 1.89. The maximum absolute atomic E-state index is 11.4. The lowest BCUT2D eigenvalue weighted by atomic mass is 10.2. The van der Waals surface area contributed by atoms with Crippen molar-refractivity contribution in [2.24, 2.45) is 0 Å². The second-order valence-corrected chi connectivity index (χ2v) is 3.52. The molecule has 1 atom stereocenters. The van der Waals surface area contributed by atoms with Crippen LogP contribution in [0.25, 0.3) is 0 Å². The van der Waals surface area contributed by atoms with Gasteiger partial charge in [0.1, 0.15) is 6.54 Å². The first kappa shape index (κ1) is 13.8. The number of nitrogens with one attached hydrogen (secondary N) is 1. The van der Waals surface area contributed by atoms with E-state index in [1.54, 1.807) is 0 Å². The number of aliphatic hydroxyl groups excluding tert-OH is 1. The van der Waals surface area contributed by atoms with Gasteiger partial charge in [0.15, 0.2) is 6.10 Å². The molecule has 0 aromatic carbocycles. The lowest BCUT2D eigenvalue weighted by molar-refractivity contribution is -0.147. The highest BCUT2D eigenvalue weighted by molar-refractivity contribution is 5.76. The highest BCUT2D eigenvalue weighted by atomic mass is 16.4. The monoisotopic (exact) mass is 255 g/mol. The predicted molar refractivity (Wildman–Crippen MR) is 59.8 cm³/mol. The molecule has 0 saturated heterocycles. The van der Waals surface area contributed by atoms with E-state index < -0.39 is 23.7 Å². The molecule has 8 nitrogen and oxygen atoms in total. The van der Waals surface area contributed by atoms with Crippen LogP contribution in [0.2, 0.25) is 0 Å². The van der Waals surface area contributed by atoms with E-state index in [2.05, 4.69) is 10.3 Å². The maximum Gasteiger partial charge on any atom is 0.347 e. The van der Waals surface area contributed by atoms with Crippen molar-refractivity contribution in [2.75, 3.05) is 6.54 Å². The molecule has 1 rings (SSSR count). The number of rotatable bonds is 6. The maximum atomic E-state index is 11.4. The van der Waals surface area contributed by atoms with Gasteiger partial charge in [-0.25, -0.2) is 14.6 Å². The number of amides is 1. The Hall–Kier alpha value is -2.22. The third-order valence-electron chi connectivity index (χ3n) is 2.12. The fourth-order valence-corrected chi connectivity index (χ4v) is 1.19. The Morgan fingerprint density at radius 1 is 1.50 bits per heavy atom. The minimum Gasteiger partial charge on any atom is -0.479 e. The lowest BCUT2D eigenvalue weighted by Crippen LogP contribution is -2.35. The van der Waals surface area contributed by atoms with Gasteiger partial charge in [0.05, 0.1) is 0 Å². The van der Waals surface area contributed by atoms with E-state index in [1.165, 1.54) is 18.5 Å². The minimum absolute atomic E-state index is 0.0152. The third kappa shape index (κ3) is 4.34. The van der Waals surface area contributed by atoms with Crippen LogP contribution < -0.4 is 11.0 Å². The van der Waals surface area contributed by atoms with Crippen molar-refractivity contribution in [2.45, 2.75) is 19.1 Å². The summed E-state index contributed by atoms with van der Waals surface area (Å²) in [5, 5.41) is 19.8. The normalized spacial score (nSPS) is 11.8. The number of carbonyl (C=O) groups excluding carboxylic acids is 1. The van der Waals surface area contributed by atoms with E-state index in [-0.39, 0.29) is 19.5 Å². The zero-order valence-electron chi connectivity index (χ0n) is 9.44. The summed E-state index contributed by atoms with van der Waals surface area (Å²) >= 11 is 0. The molecule has 0 aliphatic carbocycles. The van der Waals surface area contributed by atoms with Crippen LogP contribution >= 0.6 is 0 Å². The van der Waals surface area contributed by atoms with E-state index in [1.807, 2.05) is 0 Å². The Morgan fingerprint density at radius 2 is 2.22 bits per heavy atom. The smallest absolute Gasteiger partial charge is 0.347 e. The van der Waals surface area contributed by atoms with Gasteiger partial charge in [0.25, 0.3) is 0 Å². The average molecular weight is 255 g/mol. The van der Waals surface area contributed by atoms with Crippen LogP contribution in [-0.4, -0.2) is 44.3 Å². The second kappa shape index (κ2) is 6.50. The van der Waals surface area contributed by atoms with Crippen molar-refractivity contribution in [3.8, 4) is 0 Å². The number of hydrogen-bond donors (Lipinski definition) is 3. The summed E-state index contributed by atoms with van der Waals surface area (Å²) in [6, 6.07) is 1.52. The summed E-state index contributed by atoms with van der Waals surface area (Å²) in [6.07, 6.45) is 1.13. The Kier molecular flexibility index (Phi) is 5.00. The average Bonchev–Trinajstić information content (AvgIpc) is 2.32. The summed E-state index contributed by atoms with van der Waals surface area (Å²) in [5.74, 6) is -1.80. The lowest BCUT2D eigenvalue weighted by Gasteiger charge is -2.08. The summed E-state index contributed by atoms with van der Waals surface area (Å²) in [5.41, 5.74) is -0.543. The molecule has 1 heterocycles. The van der Waals surface area contributed by atoms with Crippen LogP contribution in [0.5, 0.6) is 0 Å². The molecule has 1 amide bonds. The van der Waals surface area contributed by atoms with Crippen LogP contribution in [0, 0.1) is 0 Å². The Bertz CT molecular complexity index is 484. The molecule has 0 unspecified atom stereocenters. The molecular formula is C10H13N3O5. The molecule has 3 N–H and O–H groups in total. The van der Waals surface area contributed by atoms with Crippen LogP contribution in [0.15, 0.2) is 23.3 Å². The van der Waals surface area contributed by atoms with Gasteiger partial charge >= 0.3 is 11.7 Å². The van der Waals surface area contributed by atoms with E-state index in [0.717, 1.165) is 4.57 Å². The number of nitrogens with zero attached hydrogens (tertiary/aromatic N) is 2. The molecule has 0 spiro atoms. The first-order chi connectivity index (χ1) is 8.50. The van der Waals surface area contributed by atoms with Gasteiger partial charge in [-0.2, -0.15) is 0 Å². The predicted octanol–water partition coefficient (Wildman–Crippen LogP) is -1.80. The SMILES string of the molecule is O=C(Cn1cccnc1=O)NCC[C@H](O)C(=O)O. The van der Waals surface area contributed by atoms with Gasteiger partial charge in [-0.15, -0.1) is 0 Å². The third-order valence-corrected chi connectivity index (χ3v) is 2.12. The number of aliphatic carboxylic acids is 1. The fourth-order valence-electron chi connectivity index (χ4n) is 1.19. The molecule has 1 aromatic heterocycles. The number of carboxylic acid groups (broad SMARTS) is 1. The molecule has 1 aromatic rings. The van der Waals surface area contributed by atoms with Crippen molar-refractivity contribution < 1.29 is 19.8 Å². The standard InChI is InChI=1S/C10H13N3O5/c14-7(9(16)17)2-4-11-8(15)6-13-5-1-3-12-10(13)18/h1,3,5,7,14H,2,4,6H2,(H,11,15)(H,16,17)/t7-/m0/s1. The highest BCUT2D eigenvalue weighted by Gasteiger charge is 2.13. The Balaban J connectivity index is 2.37. The van der Waals surface area contributed by atoms with Crippen LogP contribution in [0.3, 0.4) is 0 Å². The van der Waals surface area contributed by atoms with Crippen molar-refractivity contribution in [3.63, 3.8) is 0 Å². The van der Waals surface area contributed by atoms with E-state index in [4.69, 9.17) is 10.2 Å². The molecule has 0 fully saturated rings. The zero-order chi connectivity index (χ0) is 13.5. The number of aliphatic hydroxyl groups is 1. The summed E-state index contributed by atoms with van der Waals surface area (Å²) in [7, 11) is 0. The molecule has 18 heavy (non-hydrogen) atoms. The van der Waals surface area contributed by atoms with Gasteiger partial charge < -0.3 is 15.5 Å². The topological polar surface area (TPSA) is 122 Å². The zero-order valence-corrected chi connectivity index (χ0v) is 9.44. The Morgan fingerprint density at radius 3 is 2.83 bits per heavy atom. The van der Waals surface area contributed by atoms with Crippen LogP contribution in [-0.2, 0) is 16.1 Å². The van der Waals surface area contributed by atoms with Gasteiger partial charge in [-0.3, -0.25) is 9.36 Å². The Labute approximate surface area is 102 Å². The molecular weight excluding hydrogens is 242 g/mol. The van der Waals surface area contributed by atoms with Crippen LogP contribution in [0.4, 0.5) is 0 Å². The molecule has 0 saturated carbocycles. The number of carboxylic acids is 1. The first-order valence-electron chi connectivity index (χ1n) is 5.19. The van der Waals surface area contributed by atoms with Gasteiger partial charge in [-0.05, 0) is 6.07 Å². The van der Waals surface area contributed by atoms with Crippen molar-refractivity contribution in [3.05, 3.63) is 28.9 Å². The van der Waals surface area contributed by atoms with Gasteiger partial charge in [-0.1, -0.05) is 0 Å². The van der Waals surface area contributed by atoms with Crippen molar-refractivity contribution in [1.82, 2.24) is 14.9 Å². The van der Waals surface area contributed by atoms with Crippen molar-refractivity contribution in [1.29, 1.82) is 0 Å². The number of carbonyl (C=O) groups is 2. The summed E-state index contributed by atoms with van der Waals surface area (Å²) in [6.45, 7) is -0.183.